The molecular weight excluding hydrogens is 212 g/mol. The number of rotatable bonds is 5. The van der Waals surface area contributed by atoms with Crippen LogP contribution in [0.15, 0.2) is 24.3 Å². The molecule has 84 valence electrons. The Morgan fingerprint density at radius 2 is 2.20 bits per heavy atom. The van der Waals surface area contributed by atoms with Gasteiger partial charge in [0.15, 0.2) is 0 Å². The van der Waals surface area contributed by atoms with Crippen LogP contribution >= 0.6 is 11.6 Å². The number of hydrazine groups is 1. The first-order chi connectivity index (χ1) is 7.13. The second-order valence-corrected chi connectivity index (χ2v) is 4.22. The van der Waals surface area contributed by atoms with Crippen molar-refractivity contribution in [2.45, 2.75) is 19.9 Å². The van der Waals surface area contributed by atoms with Crippen LogP contribution in [0.2, 0.25) is 5.02 Å². The standard InChI is InChI=1S/C11H17ClN2O/c1-8(2)11(14-13)7-15-10-5-3-4-9(12)6-10/h3-6,8,11,14H,7,13H2,1-2H3. The average molecular weight is 229 g/mol. The Bertz CT molecular complexity index is 304. The molecule has 0 aromatic heterocycles. The highest BCUT2D eigenvalue weighted by molar-refractivity contribution is 6.30. The molecule has 0 bridgehead atoms. The van der Waals surface area contributed by atoms with Crippen LogP contribution in [-0.2, 0) is 0 Å². The molecule has 1 aromatic carbocycles. The van der Waals surface area contributed by atoms with Crippen molar-refractivity contribution in [3.8, 4) is 5.75 Å². The molecule has 0 radical (unpaired) electrons. The van der Waals surface area contributed by atoms with Gasteiger partial charge in [-0.2, -0.15) is 0 Å². The third-order valence-corrected chi connectivity index (χ3v) is 2.48. The predicted octanol–water partition coefficient (Wildman–Crippen LogP) is 2.21. The normalized spacial score (nSPS) is 12.9. The Labute approximate surface area is 95.5 Å². The fourth-order valence-corrected chi connectivity index (χ4v) is 1.36. The second kappa shape index (κ2) is 5.95. The lowest BCUT2D eigenvalue weighted by Gasteiger charge is -2.20. The van der Waals surface area contributed by atoms with Crippen LogP contribution in [0.5, 0.6) is 5.75 Å². The molecule has 1 atom stereocenters. The molecule has 1 unspecified atom stereocenters. The summed E-state index contributed by atoms with van der Waals surface area (Å²) < 4.78 is 5.57. The number of hydrogen-bond acceptors (Lipinski definition) is 3. The van der Waals surface area contributed by atoms with Gasteiger partial charge < -0.3 is 4.74 Å². The zero-order valence-electron chi connectivity index (χ0n) is 9.03. The molecule has 0 aliphatic carbocycles. The van der Waals surface area contributed by atoms with E-state index >= 15 is 0 Å². The maximum atomic E-state index is 5.84. The minimum absolute atomic E-state index is 0.143. The lowest BCUT2D eigenvalue weighted by atomic mass is 10.1. The first-order valence-electron chi connectivity index (χ1n) is 4.98. The average Bonchev–Trinajstić information content (AvgIpc) is 2.18. The third kappa shape index (κ3) is 4.08. The van der Waals surface area contributed by atoms with E-state index in [4.69, 9.17) is 22.2 Å². The number of nitrogens with two attached hydrogens (primary N) is 1. The van der Waals surface area contributed by atoms with Crippen molar-refractivity contribution in [2.24, 2.45) is 11.8 Å². The molecular formula is C11H17ClN2O. The fraction of sp³-hybridized carbons (Fsp3) is 0.455. The Kier molecular flexibility index (Phi) is 4.88. The van der Waals surface area contributed by atoms with Gasteiger partial charge in [-0.15, -0.1) is 0 Å². The van der Waals surface area contributed by atoms with E-state index < -0.39 is 0 Å². The van der Waals surface area contributed by atoms with E-state index in [1.807, 2.05) is 18.2 Å². The van der Waals surface area contributed by atoms with Gasteiger partial charge in [0.2, 0.25) is 0 Å². The van der Waals surface area contributed by atoms with E-state index in [9.17, 15) is 0 Å². The molecule has 0 saturated heterocycles. The van der Waals surface area contributed by atoms with Gasteiger partial charge in [-0.1, -0.05) is 31.5 Å². The topological polar surface area (TPSA) is 47.3 Å². The highest BCUT2D eigenvalue weighted by atomic mass is 35.5. The second-order valence-electron chi connectivity index (χ2n) is 3.79. The first kappa shape index (κ1) is 12.3. The molecule has 1 rings (SSSR count). The van der Waals surface area contributed by atoms with Gasteiger partial charge in [-0.3, -0.25) is 11.3 Å². The van der Waals surface area contributed by atoms with Gasteiger partial charge in [0, 0.05) is 5.02 Å². The molecule has 0 saturated carbocycles. The SMILES string of the molecule is CC(C)C(COc1cccc(Cl)c1)NN. The van der Waals surface area contributed by atoms with E-state index in [0.717, 1.165) is 5.75 Å². The van der Waals surface area contributed by atoms with Crippen LogP contribution in [0.3, 0.4) is 0 Å². The molecule has 3 N–H and O–H groups in total. The summed E-state index contributed by atoms with van der Waals surface area (Å²) in [4.78, 5) is 0. The fourth-order valence-electron chi connectivity index (χ4n) is 1.18. The van der Waals surface area contributed by atoms with Crippen molar-refractivity contribution < 1.29 is 4.74 Å². The smallest absolute Gasteiger partial charge is 0.120 e. The molecule has 15 heavy (non-hydrogen) atoms. The Morgan fingerprint density at radius 1 is 1.47 bits per heavy atom. The largest absolute Gasteiger partial charge is 0.492 e. The van der Waals surface area contributed by atoms with Crippen molar-refractivity contribution in [2.75, 3.05) is 6.61 Å². The number of hydrogen-bond donors (Lipinski definition) is 2. The third-order valence-electron chi connectivity index (χ3n) is 2.24. The van der Waals surface area contributed by atoms with Crippen LogP contribution in [0.1, 0.15) is 13.8 Å². The van der Waals surface area contributed by atoms with Gasteiger partial charge in [-0.25, -0.2) is 0 Å². The monoisotopic (exact) mass is 228 g/mol. The molecule has 0 aliphatic heterocycles. The molecule has 0 aliphatic rings. The Hall–Kier alpha value is -0.770. The van der Waals surface area contributed by atoms with Crippen LogP contribution in [-0.4, -0.2) is 12.6 Å². The van der Waals surface area contributed by atoms with Gasteiger partial charge >= 0.3 is 0 Å². The summed E-state index contributed by atoms with van der Waals surface area (Å²) in [6.07, 6.45) is 0. The number of benzene rings is 1. The number of ether oxygens (including phenoxy) is 1. The summed E-state index contributed by atoms with van der Waals surface area (Å²) in [5.74, 6) is 6.60. The van der Waals surface area contributed by atoms with Gasteiger partial charge in [0.05, 0.1) is 6.04 Å². The molecule has 1 aromatic rings. The highest BCUT2D eigenvalue weighted by Crippen LogP contribution is 2.17. The maximum absolute atomic E-state index is 5.84. The summed E-state index contributed by atoms with van der Waals surface area (Å²) in [6, 6.07) is 7.48. The minimum atomic E-state index is 0.143. The first-order valence-corrected chi connectivity index (χ1v) is 5.35. The Morgan fingerprint density at radius 3 is 2.73 bits per heavy atom. The van der Waals surface area contributed by atoms with Crippen molar-refractivity contribution in [1.82, 2.24) is 5.43 Å². The van der Waals surface area contributed by atoms with Gasteiger partial charge in [0.1, 0.15) is 12.4 Å². The molecule has 0 fully saturated rings. The van der Waals surface area contributed by atoms with Crippen molar-refractivity contribution in [3.05, 3.63) is 29.3 Å². The molecule has 4 heteroatoms. The zero-order valence-corrected chi connectivity index (χ0v) is 9.79. The van der Waals surface area contributed by atoms with Gasteiger partial charge in [0.25, 0.3) is 0 Å². The predicted molar refractivity (Wildman–Crippen MR) is 62.9 cm³/mol. The summed E-state index contributed by atoms with van der Waals surface area (Å²) >= 11 is 5.84. The van der Waals surface area contributed by atoms with Crippen LogP contribution in [0.25, 0.3) is 0 Å². The minimum Gasteiger partial charge on any atom is -0.492 e. The van der Waals surface area contributed by atoms with Crippen LogP contribution in [0, 0.1) is 5.92 Å². The van der Waals surface area contributed by atoms with Crippen LogP contribution in [0.4, 0.5) is 0 Å². The van der Waals surface area contributed by atoms with E-state index in [-0.39, 0.29) is 6.04 Å². The highest BCUT2D eigenvalue weighted by Gasteiger charge is 2.11. The lowest BCUT2D eigenvalue weighted by molar-refractivity contribution is 0.231. The van der Waals surface area contributed by atoms with Crippen molar-refractivity contribution >= 4 is 11.6 Å². The lowest BCUT2D eigenvalue weighted by Crippen LogP contribution is -2.43. The summed E-state index contributed by atoms with van der Waals surface area (Å²) in [5, 5.41) is 0.675. The molecule has 3 nitrogen and oxygen atoms in total. The van der Waals surface area contributed by atoms with E-state index in [1.165, 1.54) is 0 Å². The Balaban J connectivity index is 2.49. The van der Waals surface area contributed by atoms with Crippen molar-refractivity contribution in [3.63, 3.8) is 0 Å². The molecule has 0 spiro atoms. The number of nitrogens with one attached hydrogen (secondary N) is 1. The molecule has 0 heterocycles. The summed E-state index contributed by atoms with van der Waals surface area (Å²) in [5.41, 5.74) is 2.73. The summed E-state index contributed by atoms with van der Waals surface area (Å²) in [6.45, 7) is 4.71. The van der Waals surface area contributed by atoms with Crippen LogP contribution < -0.4 is 16.0 Å². The molecule has 0 amide bonds. The van der Waals surface area contributed by atoms with Gasteiger partial charge in [-0.05, 0) is 24.1 Å². The quantitative estimate of drug-likeness (QED) is 0.600. The van der Waals surface area contributed by atoms with E-state index in [1.54, 1.807) is 6.07 Å². The number of halogens is 1. The zero-order chi connectivity index (χ0) is 11.3. The van der Waals surface area contributed by atoms with E-state index in [2.05, 4.69) is 19.3 Å². The van der Waals surface area contributed by atoms with Crippen molar-refractivity contribution in [1.29, 1.82) is 0 Å². The maximum Gasteiger partial charge on any atom is 0.120 e. The summed E-state index contributed by atoms with van der Waals surface area (Å²) in [7, 11) is 0. The van der Waals surface area contributed by atoms with E-state index in [0.29, 0.717) is 17.5 Å².